The lowest BCUT2D eigenvalue weighted by Crippen LogP contribution is -3.13. The highest BCUT2D eigenvalue weighted by atomic mass is 19.4. The number of nitrogens with two attached hydrogens (primary N) is 1. The summed E-state index contributed by atoms with van der Waals surface area (Å²) in [6.45, 7) is 6.53. The van der Waals surface area contributed by atoms with Crippen molar-refractivity contribution in [1.82, 2.24) is 10.2 Å². The number of primary amides is 1. The van der Waals surface area contributed by atoms with E-state index in [0.717, 1.165) is 17.4 Å². The van der Waals surface area contributed by atoms with Crippen LogP contribution in [0.4, 0.5) is 18.0 Å². The van der Waals surface area contributed by atoms with Crippen molar-refractivity contribution in [3.63, 3.8) is 0 Å². The zero-order valence-electron chi connectivity index (χ0n) is 16.2. The van der Waals surface area contributed by atoms with Gasteiger partial charge < -0.3 is 20.9 Å². The first-order valence-electron chi connectivity index (χ1n) is 9.46. The quantitative estimate of drug-likeness (QED) is 0.665. The molecule has 0 saturated carbocycles. The Morgan fingerprint density at radius 3 is 2.46 bits per heavy atom. The van der Waals surface area contributed by atoms with E-state index >= 15 is 0 Å². The first-order valence-corrected chi connectivity index (χ1v) is 9.46. The fourth-order valence-electron chi connectivity index (χ4n) is 3.40. The van der Waals surface area contributed by atoms with Gasteiger partial charge in [-0.05, 0) is 18.1 Å². The third kappa shape index (κ3) is 5.85. The Labute approximate surface area is 162 Å². The maximum Gasteiger partial charge on any atom is 0.416 e. The molecule has 1 aliphatic heterocycles. The van der Waals surface area contributed by atoms with Crippen LogP contribution in [0.3, 0.4) is 0 Å². The van der Waals surface area contributed by atoms with Gasteiger partial charge in [0, 0.05) is 5.56 Å². The van der Waals surface area contributed by atoms with E-state index in [-0.39, 0.29) is 11.8 Å². The van der Waals surface area contributed by atoms with Crippen molar-refractivity contribution < 1.29 is 27.7 Å². The van der Waals surface area contributed by atoms with E-state index in [1.165, 1.54) is 12.1 Å². The molecule has 0 aliphatic carbocycles. The molecule has 6 nitrogen and oxygen atoms in total. The van der Waals surface area contributed by atoms with Crippen LogP contribution in [0.1, 0.15) is 31.4 Å². The zero-order chi connectivity index (χ0) is 20.9. The molecule has 1 aromatic rings. The van der Waals surface area contributed by atoms with Gasteiger partial charge in [-0.1, -0.05) is 32.4 Å². The first-order chi connectivity index (χ1) is 13.1. The molecule has 1 aliphatic rings. The molecule has 4 N–H and O–H groups in total. The summed E-state index contributed by atoms with van der Waals surface area (Å²) >= 11 is 0. The van der Waals surface area contributed by atoms with Crippen molar-refractivity contribution in [1.29, 1.82) is 0 Å². The van der Waals surface area contributed by atoms with Crippen LogP contribution in [-0.4, -0.2) is 49.1 Å². The number of quaternary nitrogens is 1. The summed E-state index contributed by atoms with van der Waals surface area (Å²) in [4.78, 5) is 26.8. The Hall–Kier alpha value is -2.29. The lowest BCUT2D eigenvalue weighted by atomic mass is 9.97. The molecule has 1 saturated heterocycles. The van der Waals surface area contributed by atoms with E-state index in [1.54, 1.807) is 11.0 Å². The number of nitrogens with one attached hydrogen (secondary N) is 2. The summed E-state index contributed by atoms with van der Waals surface area (Å²) in [5.41, 5.74) is 5.18. The van der Waals surface area contributed by atoms with Gasteiger partial charge >= 0.3 is 12.2 Å². The number of carbonyl (C=O) groups excluding carboxylic acids is 2. The molecule has 156 valence electrons. The van der Waals surface area contributed by atoms with E-state index < -0.39 is 23.8 Å². The SMILES string of the molecule is CC[C@H](C)[C@H](NC(N)=O)C(=O)N1CC[NH+](Cc2cccc(C(F)(F)F)c2)CC1. The molecule has 0 aromatic heterocycles. The molecule has 0 unspecified atom stereocenters. The van der Waals surface area contributed by atoms with Gasteiger partial charge in [0.2, 0.25) is 5.91 Å². The van der Waals surface area contributed by atoms with Crippen LogP contribution in [0.2, 0.25) is 0 Å². The minimum absolute atomic E-state index is 0.0458. The second kappa shape index (κ2) is 9.27. The Kier molecular flexibility index (Phi) is 7.29. The smallest absolute Gasteiger partial charge is 0.352 e. The monoisotopic (exact) mass is 401 g/mol. The number of halogens is 3. The standard InChI is InChI=1S/C19H27F3N4O2/c1-3-13(2)16(24-18(23)28)17(27)26-9-7-25(8-10-26)12-14-5-4-6-15(11-14)19(20,21)22/h4-6,11,13,16H,3,7-10,12H2,1-2H3,(H3,23,24,28)/p+1/t13-,16-/m0/s1. The number of amides is 3. The molecule has 0 spiro atoms. The fourth-order valence-corrected chi connectivity index (χ4v) is 3.40. The molecule has 1 fully saturated rings. The van der Waals surface area contributed by atoms with E-state index in [9.17, 15) is 22.8 Å². The molecule has 0 bridgehead atoms. The van der Waals surface area contributed by atoms with Gasteiger partial charge in [0.15, 0.2) is 0 Å². The van der Waals surface area contributed by atoms with Crippen LogP contribution in [-0.2, 0) is 17.5 Å². The Bertz CT molecular complexity index is 688. The zero-order valence-corrected chi connectivity index (χ0v) is 16.2. The number of benzene rings is 1. The summed E-state index contributed by atoms with van der Waals surface area (Å²) < 4.78 is 38.6. The number of rotatable bonds is 6. The van der Waals surface area contributed by atoms with Crippen molar-refractivity contribution in [2.24, 2.45) is 11.7 Å². The van der Waals surface area contributed by atoms with Crippen LogP contribution in [0.15, 0.2) is 24.3 Å². The third-order valence-electron chi connectivity index (χ3n) is 5.27. The summed E-state index contributed by atoms with van der Waals surface area (Å²) in [6, 6.07) is 3.97. The van der Waals surface area contributed by atoms with E-state index in [0.29, 0.717) is 38.3 Å². The van der Waals surface area contributed by atoms with Crippen LogP contribution in [0.5, 0.6) is 0 Å². The average Bonchev–Trinajstić information content (AvgIpc) is 2.65. The number of piperazine rings is 1. The van der Waals surface area contributed by atoms with Gasteiger partial charge in [-0.25, -0.2) is 4.79 Å². The minimum atomic E-state index is -4.35. The van der Waals surface area contributed by atoms with Crippen LogP contribution in [0, 0.1) is 5.92 Å². The van der Waals surface area contributed by atoms with Crippen molar-refractivity contribution in [3.05, 3.63) is 35.4 Å². The topological polar surface area (TPSA) is 79.9 Å². The number of urea groups is 1. The maximum absolute atomic E-state index is 12.9. The molecule has 9 heteroatoms. The number of nitrogens with zero attached hydrogens (tertiary/aromatic N) is 1. The van der Waals surface area contributed by atoms with Crippen LogP contribution >= 0.6 is 0 Å². The highest BCUT2D eigenvalue weighted by molar-refractivity contribution is 5.86. The summed E-state index contributed by atoms with van der Waals surface area (Å²) in [5, 5.41) is 2.53. The lowest BCUT2D eigenvalue weighted by Gasteiger charge is -2.35. The molecular weight excluding hydrogens is 373 g/mol. The van der Waals surface area contributed by atoms with Gasteiger partial charge in [0.1, 0.15) is 12.6 Å². The van der Waals surface area contributed by atoms with Gasteiger partial charge in [-0.3, -0.25) is 4.79 Å². The normalized spacial score (nSPS) is 17.8. The van der Waals surface area contributed by atoms with Crippen LogP contribution < -0.4 is 16.0 Å². The molecular formula is C19H28F3N4O2+. The van der Waals surface area contributed by atoms with Gasteiger partial charge in [-0.15, -0.1) is 0 Å². The van der Waals surface area contributed by atoms with Crippen molar-refractivity contribution >= 4 is 11.9 Å². The second-order valence-corrected chi connectivity index (χ2v) is 7.32. The largest absolute Gasteiger partial charge is 0.416 e. The predicted octanol–water partition coefficient (Wildman–Crippen LogP) is 1.02. The molecule has 2 rings (SSSR count). The molecule has 0 radical (unpaired) electrons. The predicted molar refractivity (Wildman–Crippen MR) is 98.4 cm³/mol. The van der Waals surface area contributed by atoms with E-state index in [4.69, 9.17) is 5.73 Å². The first kappa shape index (κ1) is 22.0. The van der Waals surface area contributed by atoms with Gasteiger partial charge in [-0.2, -0.15) is 13.2 Å². The van der Waals surface area contributed by atoms with Crippen molar-refractivity contribution in [2.45, 2.75) is 39.0 Å². The maximum atomic E-state index is 12.9. The molecule has 28 heavy (non-hydrogen) atoms. The molecule has 1 aromatic carbocycles. The number of alkyl halides is 3. The summed E-state index contributed by atoms with van der Waals surface area (Å²) in [7, 11) is 0. The third-order valence-corrected chi connectivity index (χ3v) is 5.27. The molecule has 3 amide bonds. The molecule has 2 atom stereocenters. The molecule has 1 heterocycles. The lowest BCUT2D eigenvalue weighted by molar-refractivity contribution is -0.917. The van der Waals surface area contributed by atoms with E-state index in [2.05, 4.69) is 5.32 Å². The summed E-state index contributed by atoms with van der Waals surface area (Å²) in [6.07, 6.45) is -3.63. The highest BCUT2D eigenvalue weighted by Gasteiger charge is 2.33. The number of carbonyl (C=O) groups is 2. The van der Waals surface area contributed by atoms with Crippen molar-refractivity contribution in [3.8, 4) is 0 Å². The highest BCUT2D eigenvalue weighted by Crippen LogP contribution is 2.29. The second-order valence-electron chi connectivity index (χ2n) is 7.32. The van der Waals surface area contributed by atoms with Crippen LogP contribution in [0.25, 0.3) is 0 Å². The Morgan fingerprint density at radius 2 is 1.93 bits per heavy atom. The van der Waals surface area contributed by atoms with E-state index in [1.807, 2.05) is 13.8 Å². The number of hydrogen-bond donors (Lipinski definition) is 3. The fraction of sp³-hybridized carbons (Fsp3) is 0.579. The van der Waals surface area contributed by atoms with Crippen molar-refractivity contribution in [2.75, 3.05) is 26.2 Å². The van der Waals surface area contributed by atoms with Gasteiger partial charge in [0.25, 0.3) is 0 Å². The minimum Gasteiger partial charge on any atom is -0.352 e. The Balaban J connectivity index is 1.95. The summed E-state index contributed by atoms with van der Waals surface area (Å²) in [5.74, 6) is -0.207. The average molecular weight is 401 g/mol. The van der Waals surface area contributed by atoms with Gasteiger partial charge in [0.05, 0.1) is 31.7 Å². The number of hydrogen-bond acceptors (Lipinski definition) is 2. The Morgan fingerprint density at radius 1 is 1.29 bits per heavy atom.